The number of hydrogen-bond donors (Lipinski definition) is 0. The molecule has 18 heavy (non-hydrogen) atoms. The number of nitrogens with zero attached hydrogens (tertiary/aromatic N) is 2. The van der Waals surface area contributed by atoms with Crippen LogP contribution in [0.3, 0.4) is 0 Å². The second-order valence-electron chi connectivity index (χ2n) is 3.86. The first-order chi connectivity index (χ1) is 8.61. The molecule has 0 saturated carbocycles. The summed E-state index contributed by atoms with van der Waals surface area (Å²) in [7, 11) is 0. The van der Waals surface area contributed by atoms with Crippen LogP contribution >= 0.6 is 23.2 Å². The Bertz CT molecular complexity index is 532. The maximum atomic E-state index is 12.8. The van der Waals surface area contributed by atoms with Gasteiger partial charge in [-0.1, -0.05) is 36.5 Å². The Morgan fingerprint density at radius 1 is 1.06 bits per heavy atom. The molecule has 0 unspecified atom stereocenters. The quantitative estimate of drug-likeness (QED) is 0.773. The van der Waals surface area contributed by atoms with Crippen molar-refractivity contribution < 1.29 is 4.39 Å². The first-order valence-corrected chi connectivity index (χ1v) is 6.35. The lowest BCUT2D eigenvalue weighted by molar-refractivity contribution is 0.628. The van der Waals surface area contributed by atoms with E-state index in [-0.39, 0.29) is 5.82 Å². The summed E-state index contributed by atoms with van der Waals surface area (Å²) >= 11 is 12.2. The van der Waals surface area contributed by atoms with Gasteiger partial charge in [0.2, 0.25) is 0 Å². The van der Waals surface area contributed by atoms with Crippen molar-refractivity contribution in [2.45, 2.75) is 19.8 Å². The highest BCUT2D eigenvalue weighted by molar-refractivity contribution is 6.34. The minimum absolute atomic E-state index is 0.307. The van der Waals surface area contributed by atoms with Crippen molar-refractivity contribution in [3.05, 3.63) is 46.0 Å². The summed E-state index contributed by atoms with van der Waals surface area (Å²) < 4.78 is 12.8. The first kappa shape index (κ1) is 13.2. The standard InChI is InChI=1S/C13H11Cl2FN2/c1-2-3-10-11(14)17-13(18-12(10)15)8-4-6-9(16)7-5-8/h4-7H,2-3H2,1H3. The maximum absolute atomic E-state index is 12.8. The number of aromatic nitrogens is 2. The van der Waals surface area contributed by atoms with Gasteiger partial charge < -0.3 is 0 Å². The monoisotopic (exact) mass is 284 g/mol. The third-order valence-electron chi connectivity index (χ3n) is 2.51. The Morgan fingerprint density at radius 3 is 2.11 bits per heavy atom. The molecule has 0 fully saturated rings. The lowest BCUT2D eigenvalue weighted by Gasteiger charge is -2.07. The van der Waals surface area contributed by atoms with Gasteiger partial charge in [0.05, 0.1) is 0 Å². The molecule has 1 aromatic carbocycles. The summed E-state index contributed by atoms with van der Waals surface area (Å²) in [5.41, 5.74) is 1.44. The average Bonchev–Trinajstić information content (AvgIpc) is 2.34. The van der Waals surface area contributed by atoms with Gasteiger partial charge in [0.15, 0.2) is 5.82 Å². The molecule has 5 heteroatoms. The van der Waals surface area contributed by atoms with E-state index in [0.29, 0.717) is 21.7 Å². The van der Waals surface area contributed by atoms with E-state index < -0.39 is 0 Å². The Labute approximate surface area is 115 Å². The highest BCUT2D eigenvalue weighted by Crippen LogP contribution is 2.26. The number of benzene rings is 1. The van der Waals surface area contributed by atoms with Gasteiger partial charge in [-0.25, -0.2) is 14.4 Å². The van der Waals surface area contributed by atoms with Gasteiger partial charge in [-0.2, -0.15) is 0 Å². The minimum Gasteiger partial charge on any atom is -0.216 e. The second-order valence-corrected chi connectivity index (χ2v) is 4.58. The normalized spacial score (nSPS) is 10.7. The molecule has 0 aliphatic carbocycles. The predicted octanol–water partition coefficient (Wildman–Crippen LogP) is 4.54. The predicted molar refractivity (Wildman–Crippen MR) is 71.4 cm³/mol. The molecule has 2 aromatic rings. The third-order valence-corrected chi connectivity index (χ3v) is 3.13. The molecule has 94 valence electrons. The van der Waals surface area contributed by atoms with Crippen LogP contribution in [0, 0.1) is 5.82 Å². The van der Waals surface area contributed by atoms with E-state index in [4.69, 9.17) is 23.2 Å². The number of rotatable bonds is 3. The van der Waals surface area contributed by atoms with E-state index >= 15 is 0 Å². The maximum Gasteiger partial charge on any atom is 0.162 e. The van der Waals surface area contributed by atoms with Crippen molar-refractivity contribution in [2.75, 3.05) is 0 Å². The molecule has 0 N–H and O–H groups in total. The minimum atomic E-state index is -0.307. The molecule has 0 spiro atoms. The SMILES string of the molecule is CCCc1c(Cl)nc(-c2ccc(F)cc2)nc1Cl. The molecule has 0 bridgehead atoms. The average molecular weight is 285 g/mol. The molecule has 0 radical (unpaired) electrons. The fourth-order valence-electron chi connectivity index (χ4n) is 1.62. The van der Waals surface area contributed by atoms with E-state index in [1.807, 2.05) is 6.92 Å². The molecule has 0 saturated heterocycles. The van der Waals surface area contributed by atoms with Crippen LogP contribution in [0.5, 0.6) is 0 Å². The van der Waals surface area contributed by atoms with Gasteiger partial charge in [-0.3, -0.25) is 0 Å². The molecule has 0 atom stereocenters. The summed E-state index contributed by atoms with van der Waals surface area (Å²) in [5, 5.41) is 0.715. The molecular weight excluding hydrogens is 274 g/mol. The summed E-state index contributed by atoms with van der Waals surface area (Å²) in [6.45, 7) is 2.03. The Kier molecular flexibility index (Phi) is 4.15. The van der Waals surface area contributed by atoms with Crippen LogP contribution in [0.25, 0.3) is 11.4 Å². The van der Waals surface area contributed by atoms with Gasteiger partial charge >= 0.3 is 0 Å². The molecule has 0 aliphatic heterocycles. The van der Waals surface area contributed by atoms with Crippen molar-refractivity contribution in [3.63, 3.8) is 0 Å². The third kappa shape index (κ3) is 2.79. The molecule has 0 aliphatic rings. The van der Waals surface area contributed by atoms with Crippen molar-refractivity contribution in [1.29, 1.82) is 0 Å². The molecule has 2 nitrogen and oxygen atoms in total. The van der Waals surface area contributed by atoms with Gasteiger partial charge in [0.25, 0.3) is 0 Å². The van der Waals surface area contributed by atoms with Crippen LogP contribution in [0.1, 0.15) is 18.9 Å². The Hall–Kier alpha value is -1.19. The van der Waals surface area contributed by atoms with Crippen LogP contribution in [0.4, 0.5) is 4.39 Å². The van der Waals surface area contributed by atoms with Crippen molar-refractivity contribution in [2.24, 2.45) is 0 Å². The Morgan fingerprint density at radius 2 is 1.61 bits per heavy atom. The van der Waals surface area contributed by atoms with E-state index in [9.17, 15) is 4.39 Å². The number of halogens is 3. The van der Waals surface area contributed by atoms with Crippen LogP contribution < -0.4 is 0 Å². The van der Waals surface area contributed by atoms with Crippen molar-refractivity contribution >= 4 is 23.2 Å². The zero-order valence-corrected chi connectivity index (χ0v) is 11.3. The van der Waals surface area contributed by atoms with E-state index in [1.54, 1.807) is 12.1 Å². The summed E-state index contributed by atoms with van der Waals surface area (Å²) in [4.78, 5) is 8.40. The van der Waals surface area contributed by atoms with Crippen LogP contribution in [-0.4, -0.2) is 9.97 Å². The summed E-state index contributed by atoms with van der Waals surface area (Å²) in [6.07, 6.45) is 1.65. The van der Waals surface area contributed by atoms with Crippen LogP contribution in [0.15, 0.2) is 24.3 Å². The van der Waals surface area contributed by atoms with E-state index in [1.165, 1.54) is 12.1 Å². The summed E-state index contributed by atoms with van der Waals surface area (Å²) in [6, 6.07) is 5.88. The first-order valence-electron chi connectivity index (χ1n) is 5.59. The van der Waals surface area contributed by atoms with Crippen molar-refractivity contribution in [3.8, 4) is 11.4 Å². The van der Waals surface area contributed by atoms with Gasteiger partial charge in [-0.15, -0.1) is 0 Å². The lowest BCUT2D eigenvalue weighted by Crippen LogP contribution is -1.97. The zero-order chi connectivity index (χ0) is 13.1. The second kappa shape index (κ2) is 5.63. The van der Waals surface area contributed by atoms with Crippen LogP contribution in [0.2, 0.25) is 10.3 Å². The van der Waals surface area contributed by atoms with E-state index in [0.717, 1.165) is 18.4 Å². The molecular formula is C13H11Cl2FN2. The summed E-state index contributed by atoms with van der Waals surface area (Å²) in [5.74, 6) is 0.100. The topological polar surface area (TPSA) is 25.8 Å². The van der Waals surface area contributed by atoms with Crippen molar-refractivity contribution in [1.82, 2.24) is 9.97 Å². The fraction of sp³-hybridized carbons (Fsp3) is 0.231. The van der Waals surface area contributed by atoms with Gasteiger partial charge in [0.1, 0.15) is 16.1 Å². The molecule has 1 aromatic heterocycles. The molecule has 0 amide bonds. The lowest BCUT2D eigenvalue weighted by atomic mass is 10.2. The Balaban J connectivity index is 2.44. The fourth-order valence-corrected chi connectivity index (χ4v) is 2.19. The van der Waals surface area contributed by atoms with Crippen LogP contribution in [-0.2, 0) is 6.42 Å². The van der Waals surface area contributed by atoms with E-state index in [2.05, 4.69) is 9.97 Å². The largest absolute Gasteiger partial charge is 0.216 e. The smallest absolute Gasteiger partial charge is 0.162 e. The molecule has 1 heterocycles. The molecule has 2 rings (SSSR count). The highest BCUT2D eigenvalue weighted by atomic mass is 35.5. The zero-order valence-electron chi connectivity index (χ0n) is 9.75. The van der Waals surface area contributed by atoms with Gasteiger partial charge in [-0.05, 0) is 30.7 Å². The number of hydrogen-bond acceptors (Lipinski definition) is 2. The highest BCUT2D eigenvalue weighted by Gasteiger charge is 2.12. The van der Waals surface area contributed by atoms with Gasteiger partial charge in [0, 0.05) is 11.1 Å².